The Morgan fingerprint density at radius 3 is 2.50 bits per heavy atom. The Labute approximate surface area is 74.9 Å². The Morgan fingerprint density at radius 1 is 1.25 bits per heavy atom. The molecule has 0 saturated carbocycles. The third-order valence-electron chi connectivity index (χ3n) is 1.89. The lowest BCUT2D eigenvalue weighted by molar-refractivity contribution is -0.117. The van der Waals surface area contributed by atoms with Gasteiger partial charge in [-0.3, -0.25) is 4.79 Å². The van der Waals surface area contributed by atoms with Gasteiger partial charge >= 0.3 is 0 Å². The second kappa shape index (κ2) is 8.44. The normalized spacial score (nSPS) is 9.75. The highest BCUT2D eigenvalue weighted by Crippen LogP contribution is 2.05. The summed E-state index contributed by atoms with van der Waals surface area (Å²) in [4.78, 5) is 10.9. The van der Waals surface area contributed by atoms with Crippen LogP contribution in [0.25, 0.3) is 0 Å². The summed E-state index contributed by atoms with van der Waals surface area (Å²) in [7, 11) is 0. The Hall–Kier alpha value is -0.660. The first-order chi connectivity index (χ1) is 5.81. The van der Waals surface area contributed by atoms with Gasteiger partial charge in [-0.25, -0.2) is 0 Å². The van der Waals surface area contributed by atoms with Crippen LogP contribution in [0.4, 0.5) is 0 Å². The summed E-state index contributed by atoms with van der Waals surface area (Å²) in [6.07, 6.45) is 8.12. The molecule has 0 aliphatic heterocycles. The van der Waals surface area contributed by atoms with E-state index in [-0.39, 0.29) is 5.78 Å². The van der Waals surface area contributed by atoms with E-state index < -0.39 is 0 Å². The van der Waals surface area contributed by atoms with Crippen molar-refractivity contribution in [3.05, 3.63) is 0 Å². The lowest BCUT2D eigenvalue weighted by Crippen LogP contribution is -1.97. The fourth-order valence-electron chi connectivity index (χ4n) is 1.14. The number of hydrogen-bond acceptors (Lipinski definition) is 2. The second-order valence-electron chi connectivity index (χ2n) is 3.11. The zero-order valence-corrected chi connectivity index (χ0v) is 7.94. The number of carbonyl (C=O) groups excluding carboxylic acids is 1. The van der Waals surface area contributed by atoms with Crippen LogP contribution in [0.15, 0.2) is 0 Å². The third-order valence-corrected chi connectivity index (χ3v) is 1.89. The molecule has 0 saturated heterocycles. The van der Waals surface area contributed by atoms with E-state index in [4.69, 9.17) is 5.41 Å². The highest BCUT2D eigenvalue weighted by Gasteiger charge is 1.98. The number of carbonyl (C=O) groups is 1. The molecule has 70 valence electrons. The van der Waals surface area contributed by atoms with E-state index in [2.05, 4.69) is 6.92 Å². The quantitative estimate of drug-likeness (QED) is 0.440. The van der Waals surface area contributed by atoms with Crippen molar-refractivity contribution < 1.29 is 4.79 Å². The van der Waals surface area contributed by atoms with Crippen LogP contribution in [0.1, 0.15) is 51.9 Å². The summed E-state index contributed by atoms with van der Waals surface area (Å²) >= 11 is 0. The van der Waals surface area contributed by atoms with Crippen molar-refractivity contribution in [2.75, 3.05) is 0 Å². The molecule has 0 bridgehead atoms. The van der Waals surface area contributed by atoms with Gasteiger partial charge in [-0.1, -0.05) is 32.6 Å². The zero-order chi connectivity index (χ0) is 9.23. The summed E-state index contributed by atoms with van der Waals surface area (Å²) in [5.74, 6) is 0.210. The van der Waals surface area contributed by atoms with Crippen molar-refractivity contribution in [2.24, 2.45) is 0 Å². The van der Waals surface area contributed by atoms with Crippen LogP contribution in [-0.4, -0.2) is 12.0 Å². The van der Waals surface area contributed by atoms with Crippen LogP contribution in [-0.2, 0) is 4.79 Å². The van der Waals surface area contributed by atoms with Crippen LogP contribution in [0.5, 0.6) is 0 Å². The molecule has 0 aromatic heterocycles. The molecule has 0 amide bonds. The lowest BCUT2D eigenvalue weighted by atomic mass is 10.1. The summed E-state index contributed by atoms with van der Waals surface area (Å²) < 4.78 is 0. The van der Waals surface area contributed by atoms with Crippen molar-refractivity contribution in [2.45, 2.75) is 51.9 Å². The summed E-state index contributed by atoms with van der Waals surface area (Å²) in [5.41, 5.74) is 0. The molecule has 0 unspecified atom stereocenters. The standard InChI is InChI=1S/C10H19NO/c1-2-3-4-5-6-7-10(12)8-9-11/h9,11H,2-8H2,1H3. The molecular weight excluding hydrogens is 150 g/mol. The second-order valence-corrected chi connectivity index (χ2v) is 3.11. The van der Waals surface area contributed by atoms with Gasteiger partial charge < -0.3 is 5.41 Å². The number of hydrogen-bond donors (Lipinski definition) is 1. The van der Waals surface area contributed by atoms with Gasteiger partial charge in [0.1, 0.15) is 5.78 Å². The van der Waals surface area contributed by atoms with E-state index in [0.717, 1.165) is 12.8 Å². The Kier molecular flexibility index (Phi) is 7.97. The number of unbranched alkanes of at least 4 members (excludes halogenated alkanes) is 4. The zero-order valence-electron chi connectivity index (χ0n) is 7.94. The van der Waals surface area contributed by atoms with E-state index in [1.54, 1.807) is 0 Å². The maximum Gasteiger partial charge on any atom is 0.138 e. The van der Waals surface area contributed by atoms with Crippen LogP contribution >= 0.6 is 0 Å². The van der Waals surface area contributed by atoms with Crippen molar-refractivity contribution >= 4 is 12.0 Å². The van der Waals surface area contributed by atoms with Crippen LogP contribution in [0.2, 0.25) is 0 Å². The van der Waals surface area contributed by atoms with Crippen molar-refractivity contribution in [3.8, 4) is 0 Å². The highest BCUT2D eigenvalue weighted by atomic mass is 16.1. The summed E-state index contributed by atoms with van der Waals surface area (Å²) in [5, 5.41) is 6.73. The average Bonchev–Trinajstić information content (AvgIpc) is 2.05. The van der Waals surface area contributed by atoms with Gasteiger partial charge in [-0.05, 0) is 6.42 Å². The van der Waals surface area contributed by atoms with E-state index >= 15 is 0 Å². The monoisotopic (exact) mass is 169 g/mol. The minimum Gasteiger partial charge on any atom is -0.313 e. The molecule has 12 heavy (non-hydrogen) atoms. The van der Waals surface area contributed by atoms with Gasteiger partial charge in [0.25, 0.3) is 0 Å². The van der Waals surface area contributed by atoms with Crippen LogP contribution in [0.3, 0.4) is 0 Å². The van der Waals surface area contributed by atoms with Gasteiger partial charge in [0.2, 0.25) is 0 Å². The Morgan fingerprint density at radius 2 is 1.92 bits per heavy atom. The molecule has 0 aliphatic rings. The van der Waals surface area contributed by atoms with Gasteiger partial charge in [-0.15, -0.1) is 0 Å². The predicted molar refractivity (Wildman–Crippen MR) is 51.8 cm³/mol. The van der Waals surface area contributed by atoms with Crippen LogP contribution < -0.4 is 0 Å². The van der Waals surface area contributed by atoms with E-state index in [1.165, 1.54) is 25.5 Å². The molecule has 0 heterocycles. The number of nitrogens with one attached hydrogen (secondary N) is 1. The van der Waals surface area contributed by atoms with E-state index in [9.17, 15) is 4.79 Å². The summed E-state index contributed by atoms with van der Waals surface area (Å²) in [6.45, 7) is 2.18. The first kappa shape index (κ1) is 11.3. The van der Waals surface area contributed by atoms with Gasteiger partial charge in [0, 0.05) is 19.1 Å². The topological polar surface area (TPSA) is 40.9 Å². The molecular formula is C10H19NO. The van der Waals surface area contributed by atoms with Gasteiger partial charge in [0.05, 0.1) is 0 Å². The molecule has 0 aromatic carbocycles. The maximum absolute atomic E-state index is 10.9. The Balaban J connectivity index is 3.08. The highest BCUT2D eigenvalue weighted by molar-refractivity contribution is 5.90. The average molecular weight is 169 g/mol. The molecule has 0 rings (SSSR count). The predicted octanol–water partition coefficient (Wildman–Crippen LogP) is 2.96. The molecule has 0 aliphatic carbocycles. The molecule has 0 fully saturated rings. The molecule has 0 atom stereocenters. The molecule has 2 heteroatoms. The van der Waals surface area contributed by atoms with Crippen molar-refractivity contribution in [1.82, 2.24) is 0 Å². The SMILES string of the molecule is CCCCCCCC(=O)CC=N. The maximum atomic E-state index is 10.9. The molecule has 0 radical (unpaired) electrons. The Bertz CT molecular complexity index is 132. The molecule has 0 spiro atoms. The minimum absolute atomic E-state index is 0.210. The van der Waals surface area contributed by atoms with E-state index in [1.807, 2.05) is 0 Å². The van der Waals surface area contributed by atoms with Crippen molar-refractivity contribution in [3.63, 3.8) is 0 Å². The van der Waals surface area contributed by atoms with E-state index in [0.29, 0.717) is 12.8 Å². The fraction of sp³-hybridized carbons (Fsp3) is 0.800. The van der Waals surface area contributed by atoms with Gasteiger partial charge in [0.15, 0.2) is 0 Å². The number of rotatable bonds is 8. The largest absolute Gasteiger partial charge is 0.313 e. The fourth-order valence-corrected chi connectivity index (χ4v) is 1.14. The first-order valence-corrected chi connectivity index (χ1v) is 4.82. The summed E-state index contributed by atoms with van der Waals surface area (Å²) in [6, 6.07) is 0. The molecule has 1 N–H and O–H groups in total. The lowest BCUT2D eigenvalue weighted by Gasteiger charge is -1.97. The van der Waals surface area contributed by atoms with Gasteiger partial charge in [-0.2, -0.15) is 0 Å². The number of ketones is 1. The smallest absolute Gasteiger partial charge is 0.138 e. The molecule has 2 nitrogen and oxygen atoms in total. The first-order valence-electron chi connectivity index (χ1n) is 4.82. The van der Waals surface area contributed by atoms with Crippen molar-refractivity contribution in [1.29, 1.82) is 5.41 Å². The van der Waals surface area contributed by atoms with Crippen LogP contribution in [0, 0.1) is 5.41 Å². The molecule has 0 aromatic rings. The number of Topliss-reactive ketones (excluding diaryl/α,β-unsaturated/α-hetero) is 1. The third kappa shape index (κ3) is 7.45. The minimum atomic E-state index is 0.210.